The summed E-state index contributed by atoms with van der Waals surface area (Å²) in [7, 11) is 1.59. The van der Waals surface area contributed by atoms with Crippen molar-refractivity contribution in [1.82, 2.24) is 4.90 Å². The standard InChI is InChI=1S/C15H21N3O3/c1-10(2)21-12-6-4-5-11(9-12)13-14(16)17-15(19)18(13)7-8-20-3/h4-6,9-10,13H,7-8H2,1-3H3,(H2,16,17,19). The highest BCUT2D eigenvalue weighted by Gasteiger charge is 2.34. The molecule has 1 atom stereocenters. The van der Waals surface area contributed by atoms with Gasteiger partial charge in [0.2, 0.25) is 0 Å². The second-order valence-corrected chi connectivity index (χ2v) is 5.15. The molecule has 0 aromatic heterocycles. The number of amidine groups is 1. The number of carbonyl (C=O) groups excluding carboxylic acids is 1. The summed E-state index contributed by atoms with van der Waals surface area (Å²) in [6, 6.07) is 6.89. The number of nitrogens with two attached hydrogens (primary N) is 1. The van der Waals surface area contributed by atoms with Crippen molar-refractivity contribution in [1.29, 1.82) is 0 Å². The summed E-state index contributed by atoms with van der Waals surface area (Å²) >= 11 is 0. The number of ether oxygens (including phenoxy) is 2. The molecule has 0 saturated carbocycles. The Kier molecular flexibility index (Phi) is 4.80. The van der Waals surface area contributed by atoms with E-state index in [0.717, 1.165) is 11.3 Å². The van der Waals surface area contributed by atoms with Gasteiger partial charge in [-0.05, 0) is 31.5 Å². The number of aliphatic imine (C=N–C) groups is 1. The maximum atomic E-state index is 11.9. The van der Waals surface area contributed by atoms with E-state index in [2.05, 4.69) is 4.99 Å². The van der Waals surface area contributed by atoms with Crippen molar-refractivity contribution < 1.29 is 14.3 Å². The number of hydrogen-bond donors (Lipinski definition) is 1. The van der Waals surface area contributed by atoms with Crippen molar-refractivity contribution >= 4 is 11.9 Å². The number of amides is 2. The summed E-state index contributed by atoms with van der Waals surface area (Å²) in [6.45, 7) is 4.81. The fourth-order valence-electron chi connectivity index (χ4n) is 2.30. The predicted molar refractivity (Wildman–Crippen MR) is 80.5 cm³/mol. The first-order valence-corrected chi connectivity index (χ1v) is 6.93. The molecule has 0 radical (unpaired) electrons. The van der Waals surface area contributed by atoms with E-state index in [0.29, 0.717) is 19.0 Å². The van der Waals surface area contributed by atoms with Crippen molar-refractivity contribution in [3.05, 3.63) is 29.8 Å². The van der Waals surface area contributed by atoms with E-state index in [1.54, 1.807) is 12.0 Å². The van der Waals surface area contributed by atoms with E-state index >= 15 is 0 Å². The number of rotatable bonds is 6. The number of hydrogen-bond acceptors (Lipinski definition) is 4. The minimum Gasteiger partial charge on any atom is -0.491 e. The molecule has 1 heterocycles. The van der Waals surface area contributed by atoms with Crippen molar-refractivity contribution in [2.45, 2.75) is 26.0 Å². The average Bonchev–Trinajstić information content (AvgIpc) is 2.70. The van der Waals surface area contributed by atoms with Crippen molar-refractivity contribution in [2.75, 3.05) is 20.3 Å². The first-order valence-electron chi connectivity index (χ1n) is 6.93. The first kappa shape index (κ1) is 15.3. The summed E-state index contributed by atoms with van der Waals surface area (Å²) in [5.74, 6) is 1.05. The third-order valence-corrected chi connectivity index (χ3v) is 3.14. The van der Waals surface area contributed by atoms with Gasteiger partial charge in [-0.25, -0.2) is 4.79 Å². The molecule has 1 unspecified atom stereocenters. The number of nitrogens with zero attached hydrogens (tertiary/aromatic N) is 2. The van der Waals surface area contributed by atoms with Crippen LogP contribution in [-0.4, -0.2) is 43.1 Å². The fraction of sp³-hybridized carbons (Fsp3) is 0.467. The molecule has 2 rings (SSSR count). The molecule has 1 aliphatic heterocycles. The smallest absolute Gasteiger partial charge is 0.346 e. The van der Waals surface area contributed by atoms with Crippen LogP contribution in [0.5, 0.6) is 5.75 Å². The molecule has 2 amide bonds. The zero-order valence-corrected chi connectivity index (χ0v) is 12.6. The number of methoxy groups -OCH3 is 1. The lowest BCUT2D eigenvalue weighted by Crippen LogP contribution is -2.35. The largest absolute Gasteiger partial charge is 0.491 e. The van der Waals surface area contributed by atoms with E-state index in [1.165, 1.54) is 0 Å². The zero-order chi connectivity index (χ0) is 15.4. The predicted octanol–water partition coefficient (Wildman–Crippen LogP) is 1.95. The topological polar surface area (TPSA) is 77.2 Å². The van der Waals surface area contributed by atoms with Gasteiger partial charge in [0, 0.05) is 13.7 Å². The molecule has 0 spiro atoms. The van der Waals surface area contributed by atoms with Crippen LogP contribution in [0.25, 0.3) is 0 Å². The highest BCUT2D eigenvalue weighted by Crippen LogP contribution is 2.29. The summed E-state index contributed by atoms with van der Waals surface area (Å²) < 4.78 is 10.7. The lowest BCUT2D eigenvalue weighted by Gasteiger charge is -2.24. The van der Waals surface area contributed by atoms with Crippen LogP contribution in [0, 0.1) is 0 Å². The number of benzene rings is 1. The Hall–Kier alpha value is -2.08. The van der Waals surface area contributed by atoms with Gasteiger partial charge in [0.1, 0.15) is 17.6 Å². The molecule has 0 aliphatic carbocycles. The molecular weight excluding hydrogens is 270 g/mol. The van der Waals surface area contributed by atoms with Gasteiger partial charge < -0.3 is 20.1 Å². The summed E-state index contributed by atoms with van der Waals surface area (Å²) in [5, 5.41) is 0. The minimum atomic E-state index is -0.358. The number of urea groups is 1. The highest BCUT2D eigenvalue weighted by atomic mass is 16.5. The Morgan fingerprint density at radius 2 is 2.19 bits per heavy atom. The maximum absolute atomic E-state index is 11.9. The minimum absolute atomic E-state index is 0.0843. The second kappa shape index (κ2) is 6.58. The Balaban J connectivity index is 2.25. The van der Waals surface area contributed by atoms with Crippen LogP contribution in [-0.2, 0) is 4.74 Å². The van der Waals surface area contributed by atoms with Gasteiger partial charge in [0.05, 0.1) is 12.7 Å². The Labute approximate surface area is 124 Å². The first-order chi connectivity index (χ1) is 10.0. The highest BCUT2D eigenvalue weighted by molar-refractivity contribution is 6.03. The quantitative estimate of drug-likeness (QED) is 0.869. The Morgan fingerprint density at radius 3 is 2.86 bits per heavy atom. The van der Waals surface area contributed by atoms with Crippen molar-refractivity contribution in [3.8, 4) is 5.75 Å². The Bertz CT molecular complexity index is 543. The Morgan fingerprint density at radius 1 is 1.43 bits per heavy atom. The van der Waals surface area contributed by atoms with Crippen LogP contribution in [0.15, 0.2) is 29.3 Å². The van der Waals surface area contributed by atoms with Crippen LogP contribution < -0.4 is 10.5 Å². The zero-order valence-electron chi connectivity index (χ0n) is 12.6. The van der Waals surface area contributed by atoms with E-state index in [-0.39, 0.29) is 18.2 Å². The van der Waals surface area contributed by atoms with Gasteiger partial charge >= 0.3 is 6.03 Å². The fourth-order valence-corrected chi connectivity index (χ4v) is 2.30. The molecule has 2 N–H and O–H groups in total. The monoisotopic (exact) mass is 291 g/mol. The summed E-state index contributed by atoms with van der Waals surface area (Å²) in [4.78, 5) is 17.4. The van der Waals surface area contributed by atoms with Crippen LogP contribution in [0.2, 0.25) is 0 Å². The lowest BCUT2D eigenvalue weighted by molar-refractivity contribution is 0.150. The molecule has 6 nitrogen and oxygen atoms in total. The van der Waals surface area contributed by atoms with E-state index in [4.69, 9.17) is 15.2 Å². The molecular formula is C15H21N3O3. The molecule has 0 fully saturated rings. The van der Waals surface area contributed by atoms with Gasteiger partial charge in [0.15, 0.2) is 0 Å². The molecule has 21 heavy (non-hydrogen) atoms. The van der Waals surface area contributed by atoms with Crippen LogP contribution >= 0.6 is 0 Å². The lowest BCUT2D eigenvalue weighted by atomic mass is 10.0. The van der Waals surface area contributed by atoms with E-state index < -0.39 is 0 Å². The van der Waals surface area contributed by atoms with Crippen LogP contribution in [0.1, 0.15) is 25.5 Å². The van der Waals surface area contributed by atoms with Crippen molar-refractivity contribution in [2.24, 2.45) is 10.7 Å². The molecule has 6 heteroatoms. The van der Waals surface area contributed by atoms with Gasteiger partial charge in [-0.2, -0.15) is 4.99 Å². The van der Waals surface area contributed by atoms with Crippen molar-refractivity contribution in [3.63, 3.8) is 0 Å². The third kappa shape index (κ3) is 3.52. The molecule has 1 aliphatic rings. The second-order valence-electron chi connectivity index (χ2n) is 5.15. The molecule has 1 aromatic rings. The van der Waals surface area contributed by atoms with Crippen LogP contribution in [0.4, 0.5) is 4.79 Å². The normalized spacial score (nSPS) is 18.3. The SMILES string of the molecule is COCCN1C(=O)N=C(N)C1c1cccc(OC(C)C)c1. The van der Waals surface area contributed by atoms with Gasteiger partial charge in [0.25, 0.3) is 0 Å². The molecule has 114 valence electrons. The molecule has 0 bridgehead atoms. The van der Waals surface area contributed by atoms with E-state index in [9.17, 15) is 4.79 Å². The summed E-state index contributed by atoms with van der Waals surface area (Å²) in [5.41, 5.74) is 6.81. The van der Waals surface area contributed by atoms with Gasteiger partial charge in [-0.1, -0.05) is 12.1 Å². The summed E-state index contributed by atoms with van der Waals surface area (Å²) in [6.07, 6.45) is 0.0843. The van der Waals surface area contributed by atoms with Gasteiger partial charge in [-0.15, -0.1) is 0 Å². The van der Waals surface area contributed by atoms with Crippen LogP contribution in [0.3, 0.4) is 0 Å². The number of carbonyl (C=O) groups is 1. The molecule has 0 saturated heterocycles. The maximum Gasteiger partial charge on any atom is 0.346 e. The van der Waals surface area contributed by atoms with Gasteiger partial charge in [-0.3, -0.25) is 0 Å². The van der Waals surface area contributed by atoms with E-state index in [1.807, 2.05) is 38.1 Å². The third-order valence-electron chi connectivity index (χ3n) is 3.14. The average molecular weight is 291 g/mol. The molecule has 1 aromatic carbocycles.